The number of aliphatic hydroxyl groups is 1. The van der Waals surface area contributed by atoms with Gasteiger partial charge in [0.2, 0.25) is 0 Å². The topological polar surface area (TPSA) is 41.5 Å². The van der Waals surface area contributed by atoms with Gasteiger partial charge in [0, 0.05) is 11.3 Å². The molecule has 2 rings (SSSR count). The summed E-state index contributed by atoms with van der Waals surface area (Å²) in [6.07, 6.45) is -5.32. The maximum atomic E-state index is 12.3. The predicted molar refractivity (Wildman–Crippen MR) is 46.9 cm³/mol. The Bertz CT molecular complexity index is 340. The number of rotatable bonds is 1. The average Bonchev–Trinajstić information content (AvgIpc) is 2.70. The molecule has 84 valence electrons. The van der Waals surface area contributed by atoms with E-state index in [2.05, 4.69) is 10.3 Å². The van der Waals surface area contributed by atoms with Gasteiger partial charge in [0.05, 0.1) is 6.04 Å². The van der Waals surface area contributed by atoms with E-state index in [4.69, 9.17) is 0 Å². The summed E-state index contributed by atoms with van der Waals surface area (Å²) < 4.78 is 37.0. The molecule has 15 heavy (non-hydrogen) atoms. The molecule has 3 nitrogen and oxygen atoms in total. The van der Waals surface area contributed by atoms with Crippen LogP contribution in [0.1, 0.15) is 17.3 Å². The van der Waals surface area contributed by atoms with Crippen molar-refractivity contribution in [3.8, 4) is 0 Å². The Hall–Kier alpha value is -0.630. The van der Waals surface area contributed by atoms with Crippen LogP contribution in [0.5, 0.6) is 0 Å². The van der Waals surface area contributed by atoms with E-state index >= 15 is 0 Å². The number of hydrogen-bond acceptors (Lipinski definition) is 4. The molecule has 0 spiro atoms. The summed E-state index contributed by atoms with van der Waals surface area (Å²) in [4.78, 5) is 4.93. The Kier molecular flexibility index (Phi) is 2.50. The summed E-state index contributed by atoms with van der Waals surface area (Å²) in [5.41, 5.74) is 2.20. The second-order valence-electron chi connectivity index (χ2n) is 3.27. The molecule has 0 aromatic carbocycles. The van der Waals surface area contributed by atoms with E-state index in [1.54, 1.807) is 17.5 Å². The van der Waals surface area contributed by atoms with Gasteiger partial charge in [-0.1, -0.05) is 6.07 Å². The van der Waals surface area contributed by atoms with Crippen LogP contribution in [0.25, 0.3) is 0 Å². The lowest BCUT2D eigenvalue weighted by atomic mass is 10.1. The summed E-state index contributed by atoms with van der Waals surface area (Å²) in [6, 6.07) is 2.80. The fourth-order valence-electron chi connectivity index (χ4n) is 1.35. The monoisotopic (exact) mass is 239 g/mol. The van der Waals surface area contributed by atoms with Gasteiger partial charge in [-0.3, -0.25) is 4.84 Å². The first-order valence-electron chi connectivity index (χ1n) is 4.18. The van der Waals surface area contributed by atoms with Crippen molar-refractivity contribution in [3.63, 3.8) is 0 Å². The normalized spacial score (nSPS) is 32.1. The zero-order valence-electron chi connectivity index (χ0n) is 7.41. The Labute approximate surface area is 87.4 Å². The lowest BCUT2D eigenvalue weighted by molar-refractivity contribution is -0.361. The second kappa shape index (κ2) is 3.44. The fourth-order valence-corrected chi connectivity index (χ4v) is 2.12. The third kappa shape index (κ3) is 1.87. The molecule has 1 aromatic heterocycles. The first kappa shape index (κ1) is 10.9. The Morgan fingerprint density at radius 1 is 1.60 bits per heavy atom. The van der Waals surface area contributed by atoms with Crippen LogP contribution in [0.3, 0.4) is 0 Å². The SMILES string of the molecule is O[C@@]1(C(F)(F)F)C[C@@H](c2cccs2)NO1. The zero-order chi connectivity index (χ0) is 11.1. The standard InChI is InChI=1S/C8H8F3NO2S/c9-8(10,11)7(13)4-5(12-14-7)6-2-1-3-15-6/h1-3,5,12-13H,4H2/t5-,7-/m0/s1. The molecule has 1 saturated heterocycles. The Morgan fingerprint density at radius 3 is 2.80 bits per heavy atom. The molecule has 0 aliphatic carbocycles. The van der Waals surface area contributed by atoms with Gasteiger partial charge in [-0.15, -0.1) is 11.3 Å². The molecule has 7 heteroatoms. The number of thiophene rings is 1. The third-order valence-corrected chi connectivity index (χ3v) is 3.17. The van der Waals surface area contributed by atoms with E-state index in [0.29, 0.717) is 4.88 Å². The summed E-state index contributed by atoms with van der Waals surface area (Å²) in [6.45, 7) is 0. The highest BCUT2D eigenvalue weighted by Crippen LogP contribution is 2.42. The number of hydroxylamine groups is 1. The van der Waals surface area contributed by atoms with E-state index in [0.717, 1.165) is 0 Å². The summed E-state index contributed by atoms with van der Waals surface area (Å²) in [5.74, 6) is -3.08. The van der Waals surface area contributed by atoms with Crippen LogP contribution >= 0.6 is 11.3 Å². The number of hydrogen-bond donors (Lipinski definition) is 2. The van der Waals surface area contributed by atoms with Crippen molar-refractivity contribution in [2.45, 2.75) is 24.4 Å². The van der Waals surface area contributed by atoms with Gasteiger partial charge in [-0.05, 0) is 11.4 Å². The Balaban J connectivity index is 2.13. The van der Waals surface area contributed by atoms with Crippen molar-refractivity contribution in [2.24, 2.45) is 0 Å². The minimum absolute atomic E-state index is 0.531. The van der Waals surface area contributed by atoms with Crippen LogP contribution in [-0.4, -0.2) is 17.1 Å². The molecule has 0 amide bonds. The van der Waals surface area contributed by atoms with Gasteiger partial charge in [0.25, 0.3) is 5.79 Å². The van der Waals surface area contributed by atoms with Crippen LogP contribution in [-0.2, 0) is 4.84 Å². The largest absolute Gasteiger partial charge is 0.444 e. The molecule has 0 saturated carbocycles. The summed E-state index contributed by atoms with van der Waals surface area (Å²) >= 11 is 1.31. The van der Waals surface area contributed by atoms with E-state index < -0.39 is 24.4 Å². The molecule has 2 N–H and O–H groups in total. The third-order valence-electron chi connectivity index (χ3n) is 2.18. The predicted octanol–water partition coefficient (Wildman–Crippen LogP) is 1.96. The van der Waals surface area contributed by atoms with Crippen molar-refractivity contribution in [3.05, 3.63) is 22.4 Å². The van der Waals surface area contributed by atoms with E-state index in [-0.39, 0.29) is 0 Å². The highest BCUT2D eigenvalue weighted by molar-refractivity contribution is 7.10. The molecule has 2 heterocycles. The van der Waals surface area contributed by atoms with E-state index in [9.17, 15) is 18.3 Å². The van der Waals surface area contributed by atoms with Gasteiger partial charge in [-0.25, -0.2) is 0 Å². The quantitative estimate of drug-likeness (QED) is 0.787. The highest BCUT2D eigenvalue weighted by atomic mass is 32.1. The summed E-state index contributed by atoms with van der Waals surface area (Å²) in [5, 5.41) is 10.9. The van der Waals surface area contributed by atoms with Gasteiger partial charge in [0.15, 0.2) is 0 Å². The summed E-state index contributed by atoms with van der Waals surface area (Å²) in [7, 11) is 0. The van der Waals surface area contributed by atoms with Gasteiger partial charge in [-0.2, -0.15) is 18.7 Å². The van der Waals surface area contributed by atoms with Crippen molar-refractivity contribution >= 4 is 11.3 Å². The van der Waals surface area contributed by atoms with Crippen LogP contribution in [0.15, 0.2) is 17.5 Å². The number of alkyl halides is 3. The van der Waals surface area contributed by atoms with Crippen molar-refractivity contribution in [1.29, 1.82) is 0 Å². The molecule has 1 aliphatic heterocycles. The smallest absolute Gasteiger partial charge is 0.357 e. The molecule has 2 atom stereocenters. The van der Waals surface area contributed by atoms with Crippen molar-refractivity contribution in [2.75, 3.05) is 0 Å². The first-order chi connectivity index (χ1) is 6.92. The van der Waals surface area contributed by atoms with E-state index in [1.807, 2.05) is 0 Å². The van der Waals surface area contributed by atoms with E-state index in [1.165, 1.54) is 11.3 Å². The molecule has 0 bridgehead atoms. The molecular formula is C8H8F3NO2S. The highest BCUT2D eigenvalue weighted by Gasteiger charge is 2.60. The van der Waals surface area contributed by atoms with Crippen LogP contribution in [0.4, 0.5) is 13.2 Å². The van der Waals surface area contributed by atoms with Crippen molar-refractivity contribution in [1.82, 2.24) is 5.48 Å². The van der Waals surface area contributed by atoms with Crippen LogP contribution < -0.4 is 5.48 Å². The number of halogens is 3. The van der Waals surface area contributed by atoms with Crippen LogP contribution in [0, 0.1) is 0 Å². The second-order valence-corrected chi connectivity index (χ2v) is 4.25. The van der Waals surface area contributed by atoms with Gasteiger partial charge in [0.1, 0.15) is 0 Å². The molecule has 0 radical (unpaired) electrons. The minimum Gasteiger partial charge on any atom is -0.357 e. The molecule has 1 fully saturated rings. The first-order valence-corrected chi connectivity index (χ1v) is 5.06. The maximum Gasteiger partial charge on any atom is 0.444 e. The molecular weight excluding hydrogens is 231 g/mol. The zero-order valence-corrected chi connectivity index (χ0v) is 8.23. The van der Waals surface area contributed by atoms with Gasteiger partial charge >= 0.3 is 6.18 Å². The maximum absolute atomic E-state index is 12.3. The fraction of sp³-hybridized carbons (Fsp3) is 0.500. The van der Waals surface area contributed by atoms with Gasteiger partial charge < -0.3 is 5.11 Å². The minimum atomic E-state index is -4.79. The lowest BCUT2D eigenvalue weighted by Crippen LogP contribution is -2.45. The number of nitrogens with one attached hydrogen (secondary N) is 1. The molecule has 1 aliphatic rings. The lowest BCUT2D eigenvalue weighted by Gasteiger charge is -2.22. The Morgan fingerprint density at radius 2 is 2.33 bits per heavy atom. The van der Waals surface area contributed by atoms with Crippen LogP contribution in [0.2, 0.25) is 0 Å². The molecule has 0 unspecified atom stereocenters. The average molecular weight is 239 g/mol. The van der Waals surface area contributed by atoms with Crippen molar-refractivity contribution < 1.29 is 23.1 Å². The molecule has 1 aromatic rings.